The number of carbonyl (C=O) groups excluding carboxylic acids is 4. The number of amides is 4. The van der Waals surface area contributed by atoms with E-state index in [0.717, 1.165) is 95.9 Å². The van der Waals surface area contributed by atoms with Crippen molar-refractivity contribution >= 4 is 70.7 Å². The molecule has 9 rings (SSSR count). The van der Waals surface area contributed by atoms with Crippen molar-refractivity contribution in [1.29, 1.82) is 21.0 Å². The summed E-state index contributed by atoms with van der Waals surface area (Å²) >= 11 is 0. The number of fused-ring (bicyclic) bond motifs is 8. The Morgan fingerprint density at radius 2 is 0.500 bits per heavy atom. The molecule has 0 unspecified atom stereocenters. The molecule has 0 fully saturated rings. The van der Waals surface area contributed by atoms with E-state index in [1.165, 1.54) is 24.3 Å². The molecule has 0 atom stereocenters. The maximum atomic E-state index is 13.9. The number of carbonyl (C=O) groups is 4. The Bertz CT molecular complexity index is 3870. The number of benzene rings is 8. The zero-order chi connectivity index (χ0) is 70.6. The smallest absolute Gasteiger partial charge is 0.248 e. The van der Waals surface area contributed by atoms with Gasteiger partial charge in [-0.3, -0.25) is 19.2 Å². The molecule has 16 heteroatoms. The topological polar surface area (TPSA) is 248 Å². The number of rotatable bonds is 28. The molecule has 16 nitrogen and oxygen atoms in total. The minimum atomic E-state index is -0.394. The molecule has 8 aromatic rings. The van der Waals surface area contributed by atoms with E-state index in [1.54, 1.807) is 121 Å². The van der Waals surface area contributed by atoms with Gasteiger partial charge in [0.15, 0.2) is 0 Å². The number of nitriles is 4. The summed E-state index contributed by atoms with van der Waals surface area (Å²) in [5, 5.41) is 49.6. The number of unbranched alkanes of at least 4 members (excludes halogenated alkanes) is 4. The lowest BCUT2D eigenvalue weighted by Crippen LogP contribution is -2.12. The number of nitrogens with zero attached hydrogens (tertiary/aromatic N) is 4. The van der Waals surface area contributed by atoms with Crippen LogP contribution in [0.2, 0.25) is 0 Å². The maximum absolute atomic E-state index is 13.9. The number of nitrogens with one attached hydrogen (secondary N) is 4. The lowest BCUT2D eigenvalue weighted by atomic mass is 9.88. The fraction of sp³-hybridized carbons (Fsp3) is 0.238. The molecule has 0 aromatic heterocycles. The van der Waals surface area contributed by atoms with Crippen LogP contribution in [-0.4, -0.2) is 50.1 Å². The van der Waals surface area contributed by atoms with Crippen LogP contribution in [0, 0.1) is 45.3 Å². The third-order valence-electron chi connectivity index (χ3n) is 16.4. The first kappa shape index (κ1) is 72.0. The highest BCUT2D eigenvalue weighted by atomic mass is 16.5. The highest BCUT2D eigenvalue weighted by molar-refractivity contribution is 6.04. The fourth-order valence-electron chi connectivity index (χ4n) is 11.3. The number of ether oxygens (including phenoxy) is 4. The molecule has 100 heavy (non-hydrogen) atoms. The van der Waals surface area contributed by atoms with E-state index >= 15 is 0 Å². The summed E-state index contributed by atoms with van der Waals surface area (Å²) in [5.74, 6) is 0.939. The molecule has 1 aliphatic carbocycles. The van der Waals surface area contributed by atoms with Crippen molar-refractivity contribution < 1.29 is 38.1 Å². The van der Waals surface area contributed by atoms with Crippen molar-refractivity contribution in [3.05, 3.63) is 259 Å². The zero-order valence-corrected chi connectivity index (χ0v) is 56.8. The van der Waals surface area contributed by atoms with Gasteiger partial charge in [0.1, 0.15) is 23.0 Å². The third-order valence-corrected chi connectivity index (χ3v) is 16.4. The molecule has 504 valence electrons. The van der Waals surface area contributed by atoms with Gasteiger partial charge in [0.05, 0.1) is 73.0 Å². The summed E-state index contributed by atoms with van der Waals surface area (Å²) in [4.78, 5) is 55.5. The van der Waals surface area contributed by atoms with E-state index < -0.39 is 23.6 Å². The van der Waals surface area contributed by atoms with E-state index in [2.05, 4.69) is 73.2 Å². The van der Waals surface area contributed by atoms with Gasteiger partial charge in [-0.1, -0.05) is 53.4 Å². The summed E-state index contributed by atoms with van der Waals surface area (Å²) < 4.78 is 28.3. The van der Waals surface area contributed by atoms with Crippen LogP contribution in [0.15, 0.2) is 170 Å². The van der Waals surface area contributed by atoms with Crippen molar-refractivity contribution in [2.24, 2.45) is 0 Å². The molecule has 0 heterocycles. The van der Waals surface area contributed by atoms with Gasteiger partial charge in [-0.15, -0.1) is 0 Å². The second kappa shape index (κ2) is 36.8. The van der Waals surface area contributed by atoms with E-state index in [-0.39, 0.29) is 25.7 Å². The molecule has 0 spiro atoms. The van der Waals surface area contributed by atoms with Gasteiger partial charge in [0.25, 0.3) is 0 Å². The van der Waals surface area contributed by atoms with Gasteiger partial charge in [-0.2, -0.15) is 21.0 Å². The Labute approximate surface area is 585 Å². The minimum Gasteiger partial charge on any atom is -0.493 e. The summed E-state index contributed by atoms with van der Waals surface area (Å²) in [5.41, 5.74) is 12.9. The molecule has 8 aromatic carbocycles. The largest absolute Gasteiger partial charge is 0.493 e. The minimum absolute atomic E-state index is 0.242. The molecule has 0 saturated carbocycles. The van der Waals surface area contributed by atoms with Crippen LogP contribution in [0.5, 0.6) is 23.0 Å². The molecular formula is C84H80N8O8. The van der Waals surface area contributed by atoms with Crippen molar-refractivity contribution in [2.45, 2.75) is 105 Å². The second-order valence-electron chi connectivity index (χ2n) is 24.2. The van der Waals surface area contributed by atoms with Crippen LogP contribution in [0.1, 0.15) is 168 Å². The summed E-state index contributed by atoms with van der Waals surface area (Å²) in [6.07, 6.45) is 20.3. The molecule has 0 saturated heterocycles. The standard InChI is InChI=1S/C84H80N8O8/c1-5-9-37-97-81-65-41-61(21-33-77(93)89-73-25-13-57(53-85)14-26-73)42-66(81)50-68-44-63(23-35-79(95)91-75-29-17-59(55-87)18-30-75)46-70(83(68)99-39-11-7-3)52-72-48-64(24-36-80(96)92-76-31-19-60(56-88)20-32-76)47-71(84(72)100-40-12-8-4)51-69-45-62(43-67(49-65)82(69)98-38-10-6-2)22-34-78(94)90-74-27-15-58(54-86)16-28-74/h13-36,41-48H,5-12,37-40,49-52H2,1-4H3,(H,89,93)(H,90,94)(H,91,95)(H,92,96). The highest BCUT2D eigenvalue weighted by Gasteiger charge is 2.25. The Balaban J connectivity index is 1.31. The van der Waals surface area contributed by atoms with Crippen molar-refractivity contribution in [3.63, 3.8) is 0 Å². The van der Waals surface area contributed by atoms with Crippen LogP contribution in [0.3, 0.4) is 0 Å². The van der Waals surface area contributed by atoms with Gasteiger partial charge in [0, 0.05) is 72.7 Å². The first-order chi connectivity index (χ1) is 48.8. The SMILES string of the molecule is CCCCOc1c2cc(C=CC(=O)Nc3ccc(C#N)cc3)cc1Cc1cc(C=CC(=O)Nc3ccc(C#N)cc3)cc(c1OCCCC)Cc1cc(C=CC(=O)Nc3ccc(C#N)cc3)cc(c1OCCCC)Cc1cc(C=CC(=O)Nc3ccc(C#N)cc3)cc(c1OCCCC)C2. The summed E-state index contributed by atoms with van der Waals surface area (Å²) in [7, 11) is 0. The van der Waals surface area contributed by atoms with Crippen LogP contribution in [0.4, 0.5) is 22.7 Å². The second-order valence-corrected chi connectivity index (χ2v) is 24.2. The molecule has 4 N–H and O–H groups in total. The van der Waals surface area contributed by atoms with Gasteiger partial charge in [-0.25, -0.2) is 0 Å². The zero-order valence-electron chi connectivity index (χ0n) is 56.8. The van der Waals surface area contributed by atoms with Crippen molar-refractivity contribution in [2.75, 3.05) is 47.7 Å². The van der Waals surface area contributed by atoms with Crippen LogP contribution in [0.25, 0.3) is 24.3 Å². The first-order valence-electron chi connectivity index (χ1n) is 33.9. The van der Waals surface area contributed by atoms with Gasteiger partial charge < -0.3 is 40.2 Å². The molecular weight excluding hydrogens is 1250 g/mol. The normalized spacial score (nSPS) is 11.7. The lowest BCUT2D eigenvalue weighted by molar-refractivity contribution is -0.112. The molecule has 0 radical (unpaired) electrons. The monoisotopic (exact) mass is 1330 g/mol. The van der Waals surface area contributed by atoms with Crippen LogP contribution >= 0.6 is 0 Å². The van der Waals surface area contributed by atoms with Gasteiger partial charge in [-0.05, 0) is 262 Å². The number of hydrogen-bond donors (Lipinski definition) is 4. The Hall–Kier alpha value is -12.2. The van der Waals surface area contributed by atoms with E-state index in [9.17, 15) is 40.2 Å². The average Bonchev–Trinajstić information content (AvgIpc) is 0.775. The van der Waals surface area contributed by atoms with E-state index in [0.29, 0.717) is 117 Å². The Morgan fingerprint density at radius 3 is 0.660 bits per heavy atom. The highest BCUT2D eigenvalue weighted by Crippen LogP contribution is 2.42. The van der Waals surface area contributed by atoms with E-state index in [4.69, 9.17) is 18.9 Å². The first-order valence-corrected chi connectivity index (χ1v) is 33.9. The lowest BCUT2D eigenvalue weighted by Gasteiger charge is -2.24. The molecule has 8 bridgehead atoms. The predicted octanol–water partition coefficient (Wildman–Crippen LogP) is 17.2. The third kappa shape index (κ3) is 20.9. The average molecular weight is 1330 g/mol. The predicted molar refractivity (Wildman–Crippen MR) is 394 cm³/mol. The van der Waals surface area contributed by atoms with Gasteiger partial charge in [0.2, 0.25) is 23.6 Å². The molecule has 1 aliphatic rings. The number of anilines is 4. The maximum Gasteiger partial charge on any atom is 0.248 e. The van der Waals surface area contributed by atoms with Crippen molar-refractivity contribution in [3.8, 4) is 47.3 Å². The summed E-state index contributed by atoms with van der Waals surface area (Å²) in [6.45, 7) is 9.94. The van der Waals surface area contributed by atoms with Crippen LogP contribution in [-0.2, 0) is 44.9 Å². The fourth-order valence-corrected chi connectivity index (χ4v) is 11.3. The quantitative estimate of drug-likeness (QED) is 0.0264. The van der Waals surface area contributed by atoms with Crippen LogP contribution < -0.4 is 40.2 Å². The van der Waals surface area contributed by atoms with Crippen molar-refractivity contribution in [1.82, 2.24) is 0 Å². The Morgan fingerprint density at radius 1 is 0.320 bits per heavy atom. The molecule has 0 aliphatic heterocycles. The number of hydrogen-bond acceptors (Lipinski definition) is 12. The van der Waals surface area contributed by atoms with E-state index in [1.807, 2.05) is 48.5 Å². The summed E-state index contributed by atoms with van der Waals surface area (Å²) in [6, 6.07) is 51.2. The Kier molecular flexibility index (Phi) is 26.5. The van der Waals surface area contributed by atoms with Gasteiger partial charge >= 0.3 is 0 Å². The molecule has 4 amide bonds.